The van der Waals surface area contributed by atoms with Crippen LogP contribution in [-0.4, -0.2) is 4.98 Å². The van der Waals surface area contributed by atoms with E-state index in [0.29, 0.717) is 11.4 Å². The lowest BCUT2D eigenvalue weighted by atomic mass is 10.2. The molecule has 3 nitrogen and oxygen atoms in total. The van der Waals surface area contributed by atoms with E-state index in [1.54, 1.807) is 17.5 Å². The standard InChI is InChI=1S/C13H12N2OS/c1-8(2)13-14-10-7-15(16)11-6-4-3-5-9(11)12(10)17-13/h3-8H,1-2H3. The molecular formula is C13H12N2OS. The number of benzene rings is 1. The molecule has 0 amide bonds. The molecule has 0 bridgehead atoms. The minimum Gasteiger partial charge on any atom is -0.618 e. The first-order valence-corrected chi connectivity index (χ1v) is 6.40. The second-order valence-corrected chi connectivity index (χ2v) is 5.42. The Hall–Kier alpha value is -1.68. The highest BCUT2D eigenvalue weighted by atomic mass is 32.1. The topological polar surface area (TPSA) is 39.8 Å². The fraction of sp³-hybridized carbons (Fsp3) is 0.231. The van der Waals surface area contributed by atoms with Gasteiger partial charge < -0.3 is 5.21 Å². The molecule has 0 saturated heterocycles. The van der Waals surface area contributed by atoms with Crippen LogP contribution in [0.3, 0.4) is 0 Å². The van der Waals surface area contributed by atoms with Gasteiger partial charge >= 0.3 is 0 Å². The highest BCUT2D eigenvalue weighted by molar-refractivity contribution is 7.19. The van der Waals surface area contributed by atoms with Gasteiger partial charge in [0.1, 0.15) is 5.52 Å². The Morgan fingerprint density at radius 2 is 2.06 bits per heavy atom. The van der Waals surface area contributed by atoms with Crippen LogP contribution in [-0.2, 0) is 0 Å². The van der Waals surface area contributed by atoms with E-state index in [-0.39, 0.29) is 0 Å². The van der Waals surface area contributed by atoms with Crippen molar-refractivity contribution in [1.82, 2.24) is 4.98 Å². The summed E-state index contributed by atoms with van der Waals surface area (Å²) < 4.78 is 2.01. The van der Waals surface area contributed by atoms with Gasteiger partial charge in [0, 0.05) is 12.0 Å². The summed E-state index contributed by atoms with van der Waals surface area (Å²) in [5.74, 6) is 0.395. The van der Waals surface area contributed by atoms with Crippen molar-refractivity contribution in [3.63, 3.8) is 0 Å². The minimum absolute atomic E-state index is 0.395. The van der Waals surface area contributed by atoms with Crippen molar-refractivity contribution in [2.45, 2.75) is 19.8 Å². The van der Waals surface area contributed by atoms with Crippen molar-refractivity contribution in [2.24, 2.45) is 0 Å². The number of hydrogen-bond acceptors (Lipinski definition) is 3. The second kappa shape index (κ2) is 3.67. The summed E-state index contributed by atoms with van der Waals surface area (Å²) in [6.45, 7) is 4.23. The van der Waals surface area contributed by atoms with Gasteiger partial charge in [-0.15, -0.1) is 11.3 Å². The van der Waals surface area contributed by atoms with Gasteiger partial charge in [0.15, 0.2) is 0 Å². The molecule has 0 saturated carbocycles. The Morgan fingerprint density at radius 3 is 2.82 bits per heavy atom. The first kappa shape index (κ1) is 10.5. The number of pyridine rings is 1. The van der Waals surface area contributed by atoms with Crippen molar-refractivity contribution in [1.29, 1.82) is 0 Å². The summed E-state index contributed by atoms with van der Waals surface area (Å²) in [6.07, 6.45) is 1.57. The maximum absolute atomic E-state index is 11.9. The van der Waals surface area contributed by atoms with Crippen molar-refractivity contribution < 1.29 is 4.73 Å². The van der Waals surface area contributed by atoms with Crippen LogP contribution in [0.4, 0.5) is 0 Å². The molecule has 3 rings (SSSR count). The molecule has 2 heterocycles. The van der Waals surface area contributed by atoms with Crippen molar-refractivity contribution in [3.8, 4) is 0 Å². The molecule has 0 spiro atoms. The third kappa shape index (κ3) is 1.56. The van der Waals surface area contributed by atoms with E-state index in [4.69, 9.17) is 0 Å². The van der Waals surface area contributed by atoms with Gasteiger partial charge in [0.2, 0.25) is 11.7 Å². The molecule has 0 N–H and O–H groups in total. The van der Waals surface area contributed by atoms with Gasteiger partial charge in [0.05, 0.1) is 15.1 Å². The first-order valence-electron chi connectivity index (χ1n) is 5.58. The highest BCUT2D eigenvalue weighted by Crippen LogP contribution is 2.31. The molecule has 0 aliphatic carbocycles. The Morgan fingerprint density at radius 1 is 1.29 bits per heavy atom. The lowest BCUT2D eigenvalue weighted by Gasteiger charge is -2.00. The monoisotopic (exact) mass is 244 g/mol. The maximum Gasteiger partial charge on any atom is 0.225 e. The molecule has 1 aromatic carbocycles. The Labute approximate surface area is 103 Å². The van der Waals surface area contributed by atoms with Crippen LogP contribution in [0.1, 0.15) is 24.8 Å². The zero-order valence-corrected chi connectivity index (χ0v) is 10.5. The maximum atomic E-state index is 11.9. The van der Waals surface area contributed by atoms with Crippen LogP contribution in [0.5, 0.6) is 0 Å². The third-order valence-corrected chi connectivity index (χ3v) is 4.19. The predicted molar refractivity (Wildman–Crippen MR) is 70.2 cm³/mol. The summed E-state index contributed by atoms with van der Waals surface area (Å²) >= 11 is 1.68. The quantitative estimate of drug-likeness (QED) is 0.487. The van der Waals surface area contributed by atoms with Crippen LogP contribution in [0.2, 0.25) is 0 Å². The molecule has 0 atom stereocenters. The molecule has 0 aliphatic rings. The van der Waals surface area contributed by atoms with Gasteiger partial charge in [-0.1, -0.05) is 26.0 Å². The van der Waals surface area contributed by atoms with Crippen LogP contribution in [0, 0.1) is 5.21 Å². The fourth-order valence-corrected chi connectivity index (χ4v) is 2.99. The molecule has 2 aromatic heterocycles. The molecular weight excluding hydrogens is 232 g/mol. The average Bonchev–Trinajstić information content (AvgIpc) is 2.73. The molecule has 0 aliphatic heterocycles. The molecule has 0 unspecified atom stereocenters. The van der Waals surface area contributed by atoms with E-state index in [1.165, 1.54) is 0 Å². The highest BCUT2D eigenvalue weighted by Gasteiger charge is 2.14. The molecule has 0 fully saturated rings. The van der Waals surface area contributed by atoms with Gasteiger partial charge in [-0.25, -0.2) is 4.98 Å². The summed E-state index contributed by atoms with van der Waals surface area (Å²) in [4.78, 5) is 4.52. The molecule has 17 heavy (non-hydrogen) atoms. The van der Waals surface area contributed by atoms with Crippen LogP contribution < -0.4 is 4.73 Å². The van der Waals surface area contributed by atoms with Gasteiger partial charge in [-0.05, 0) is 6.07 Å². The average molecular weight is 244 g/mol. The molecule has 86 valence electrons. The smallest absolute Gasteiger partial charge is 0.225 e. The van der Waals surface area contributed by atoms with Crippen molar-refractivity contribution in [2.75, 3.05) is 0 Å². The summed E-state index contributed by atoms with van der Waals surface area (Å²) in [5, 5.41) is 13.9. The lowest BCUT2D eigenvalue weighted by molar-refractivity contribution is -0.575. The number of rotatable bonds is 1. The third-order valence-electron chi connectivity index (χ3n) is 2.79. The zero-order valence-electron chi connectivity index (χ0n) is 9.68. The van der Waals surface area contributed by atoms with E-state index in [1.807, 2.05) is 24.3 Å². The van der Waals surface area contributed by atoms with Crippen LogP contribution in [0.25, 0.3) is 21.1 Å². The van der Waals surface area contributed by atoms with E-state index in [9.17, 15) is 5.21 Å². The molecule has 3 aromatic rings. The molecule has 4 heteroatoms. The minimum atomic E-state index is 0.395. The van der Waals surface area contributed by atoms with Crippen molar-refractivity contribution >= 4 is 32.5 Å². The Kier molecular flexibility index (Phi) is 2.26. The number of fused-ring (bicyclic) bond motifs is 3. The van der Waals surface area contributed by atoms with E-state index in [0.717, 1.165) is 25.3 Å². The van der Waals surface area contributed by atoms with Gasteiger partial charge in [0.25, 0.3) is 0 Å². The lowest BCUT2D eigenvalue weighted by Crippen LogP contribution is -2.26. The Balaban J connectivity index is 2.46. The van der Waals surface area contributed by atoms with Gasteiger partial charge in [-0.2, -0.15) is 4.73 Å². The first-order chi connectivity index (χ1) is 8.16. The van der Waals surface area contributed by atoms with Gasteiger partial charge in [-0.3, -0.25) is 0 Å². The van der Waals surface area contributed by atoms with E-state index in [2.05, 4.69) is 18.8 Å². The predicted octanol–water partition coefficient (Wildman–Crippen LogP) is 3.21. The number of thiazole rings is 1. The summed E-state index contributed by atoms with van der Waals surface area (Å²) in [5.41, 5.74) is 1.51. The second-order valence-electron chi connectivity index (χ2n) is 4.39. The zero-order chi connectivity index (χ0) is 12.0. The SMILES string of the molecule is CC(C)c1nc2c[n+]([O-])c3ccccc3c2s1. The number of aromatic nitrogens is 2. The fourth-order valence-electron chi connectivity index (χ4n) is 1.92. The summed E-state index contributed by atoms with van der Waals surface area (Å²) in [7, 11) is 0. The summed E-state index contributed by atoms with van der Waals surface area (Å²) in [6, 6.07) is 7.66. The normalized spacial score (nSPS) is 11.7. The van der Waals surface area contributed by atoms with Crippen LogP contribution >= 0.6 is 11.3 Å². The number of para-hydroxylation sites is 1. The number of nitrogens with zero attached hydrogens (tertiary/aromatic N) is 2. The van der Waals surface area contributed by atoms with Crippen molar-refractivity contribution in [3.05, 3.63) is 40.7 Å². The largest absolute Gasteiger partial charge is 0.618 e. The van der Waals surface area contributed by atoms with E-state index >= 15 is 0 Å². The van der Waals surface area contributed by atoms with E-state index < -0.39 is 0 Å². The number of hydrogen-bond donors (Lipinski definition) is 0. The Bertz CT molecular complexity index is 703. The van der Waals surface area contributed by atoms with Crippen LogP contribution in [0.15, 0.2) is 30.5 Å². The molecule has 0 radical (unpaired) electrons.